The number of sulfone groups is 1. The molecule has 0 radical (unpaired) electrons. The second kappa shape index (κ2) is 57.8. The third kappa shape index (κ3) is 40.7. The van der Waals surface area contributed by atoms with Gasteiger partial charge in [-0.2, -0.15) is 9.97 Å². The Balaban J connectivity index is 0.000000330. The van der Waals surface area contributed by atoms with Gasteiger partial charge in [0.1, 0.15) is 34.2 Å². The van der Waals surface area contributed by atoms with Crippen molar-refractivity contribution >= 4 is 153 Å². The molecule has 130 heavy (non-hydrogen) atoms. The van der Waals surface area contributed by atoms with Crippen LogP contribution in [-0.4, -0.2) is 145 Å². The third-order valence-electron chi connectivity index (χ3n) is 16.5. The Kier molecular flexibility index (Phi) is 49.0. The minimum atomic E-state index is -3.70. The molecule has 0 aliphatic rings. The third-order valence-corrected chi connectivity index (χ3v) is 20.1. The van der Waals surface area contributed by atoms with Crippen LogP contribution in [0.25, 0.3) is 0 Å². The van der Waals surface area contributed by atoms with Crippen LogP contribution in [0, 0.1) is 60.7 Å². The molecule has 6 aromatic heterocycles. The fourth-order valence-electron chi connectivity index (χ4n) is 10.9. The zero-order valence-corrected chi connectivity index (χ0v) is 77.7. The molecule has 6 aromatic carbocycles. The zero-order valence-electron chi connectivity index (χ0n) is 68.9. The summed E-state index contributed by atoms with van der Waals surface area (Å²) in [5, 5.41) is 84.7. The van der Waals surface area contributed by atoms with Crippen molar-refractivity contribution in [2.75, 3.05) is 36.7 Å². The fraction of sp³-hybridized carbons (Fsp3) is 0.221. The van der Waals surface area contributed by atoms with Gasteiger partial charge in [0.25, 0.3) is 16.5 Å². The van der Waals surface area contributed by atoms with Crippen molar-refractivity contribution in [3.8, 4) is 11.8 Å². The topological polar surface area (TPSA) is 655 Å². The van der Waals surface area contributed by atoms with E-state index < -0.39 is 57.7 Å². The van der Waals surface area contributed by atoms with E-state index in [0.29, 0.717) is 102 Å². The summed E-state index contributed by atoms with van der Waals surface area (Å²) in [7, 11) is -3.70. The number of benzene rings is 6. The Morgan fingerprint density at radius 1 is 0.408 bits per heavy atom. The lowest BCUT2D eigenvalue weighted by Gasteiger charge is -2.10. The number of aromatic amines is 2. The average molecular weight is 2000 g/mol. The molecule has 42 nitrogen and oxygen atoms in total. The predicted molar refractivity (Wildman–Crippen MR) is 498 cm³/mol. The van der Waals surface area contributed by atoms with Crippen molar-refractivity contribution in [2.45, 2.75) is 103 Å². The van der Waals surface area contributed by atoms with E-state index in [0.717, 1.165) is 57.5 Å². The molecule has 0 saturated carbocycles. The number of rotatable bonds is 29. The largest absolute Gasteiger partial charge is 0.493 e. The van der Waals surface area contributed by atoms with Crippen molar-refractivity contribution in [2.24, 2.45) is 17.5 Å². The summed E-state index contributed by atoms with van der Waals surface area (Å²) in [5.74, 6) is 12.6. The molecule has 12 rings (SSSR count). The zero-order chi connectivity index (χ0) is 96.6. The molecular weight excluding hydrogens is 1920 g/mol. The van der Waals surface area contributed by atoms with Crippen LogP contribution >= 0.6 is 109 Å². The highest BCUT2D eigenvalue weighted by molar-refractivity contribution is 8.24. The number of hydrazine groups is 2. The number of hydrogen-bond donors (Lipinski definition) is 9. The molecule has 0 amide bonds. The first-order valence-corrected chi connectivity index (χ1v) is 48.9. The Labute approximate surface area is 781 Å². The van der Waals surface area contributed by atoms with Gasteiger partial charge in [-0.1, -0.05) is 252 Å². The first kappa shape index (κ1) is 110. The number of nitrogens with two attached hydrogens (primary N) is 3. The van der Waals surface area contributed by atoms with Crippen LogP contribution in [0.15, 0.2) is 223 Å². The highest BCUT2D eigenvalue weighted by Crippen LogP contribution is 2.61. The van der Waals surface area contributed by atoms with Crippen molar-refractivity contribution in [1.82, 2.24) is 59.8 Å². The number of aryl methyl sites for hydroxylation is 12. The van der Waals surface area contributed by atoms with E-state index in [-0.39, 0.29) is 89.1 Å². The summed E-state index contributed by atoms with van der Waals surface area (Å²) in [6.45, 7) is 0. The summed E-state index contributed by atoms with van der Waals surface area (Å²) in [6, 6.07) is 59.6. The molecule has 0 spiro atoms. The van der Waals surface area contributed by atoms with Gasteiger partial charge in [-0.25, -0.2) is 54.1 Å². The molecule has 0 saturated heterocycles. The number of thioether (sulfide) groups is 4. The van der Waals surface area contributed by atoms with E-state index in [1.807, 2.05) is 188 Å². The number of aromatic hydroxyl groups is 2. The molecule has 0 atom stereocenters. The van der Waals surface area contributed by atoms with Gasteiger partial charge in [0.2, 0.25) is 37.1 Å². The number of nitrogen functional groups attached to an aromatic ring is 1. The first-order chi connectivity index (χ1) is 61.7. The number of halogens is 5. The van der Waals surface area contributed by atoms with E-state index in [2.05, 4.69) is 111 Å². The minimum Gasteiger partial charge on any atom is -0.493 e. The molecule has 0 unspecified atom stereocenters. The Bertz CT molecular complexity index is 5630. The first-order valence-electron chi connectivity index (χ1n) is 37.0. The number of nitrogens with zero attached hydrogens (tertiary/aromatic N) is 16. The molecule has 0 aliphatic carbocycles. The van der Waals surface area contributed by atoms with E-state index >= 15 is 0 Å². The van der Waals surface area contributed by atoms with Crippen LogP contribution < -0.4 is 34.1 Å². The number of hydrogen-bond acceptors (Lipinski definition) is 37. The van der Waals surface area contributed by atoms with Crippen LogP contribution in [0.2, 0.25) is 10.3 Å². The summed E-state index contributed by atoms with van der Waals surface area (Å²) in [5.41, 5.74) is 8.20. The van der Waals surface area contributed by atoms with Crippen molar-refractivity contribution < 1.29 is 58.1 Å². The smallest absolute Gasteiger partial charge is 0.395 e. The molecule has 0 aliphatic heterocycles. The Morgan fingerprint density at radius 2 is 0.662 bits per heavy atom. The molecule has 690 valence electrons. The van der Waals surface area contributed by atoms with Gasteiger partial charge in [-0.3, -0.25) is 86.8 Å². The Morgan fingerprint density at radius 3 is 0.892 bits per heavy atom. The number of anilines is 1. The van der Waals surface area contributed by atoms with Crippen LogP contribution in [0.4, 0.5) is 34.4 Å². The second-order valence-corrected chi connectivity index (χ2v) is 37.6. The maximum absolute atomic E-state index is 12.1. The van der Waals surface area contributed by atoms with Crippen molar-refractivity contribution in [1.29, 1.82) is 0 Å². The minimum absolute atomic E-state index is 0.0131. The highest BCUT2D eigenvalue weighted by Gasteiger charge is 2.30. The van der Waals surface area contributed by atoms with Gasteiger partial charge in [-0.15, -0.1) is 10.1 Å². The summed E-state index contributed by atoms with van der Waals surface area (Å²) in [4.78, 5) is 127. The lowest BCUT2D eigenvalue weighted by Crippen LogP contribution is -2.16. The standard InChI is InChI=1S/C21H21N3O4S.C21H21N3O2S.C20H21N5O2.C5H3Cl2N3O2S.C5H5N3O4S.C5H6N2O2S.Cl3OP.H4N2.HNO3/c1-29(27,28)21-22-18(14-12-16-8-4-2-5-9-16)20(24(25)26)19(23-21)15-13-17-10-6-3-7-11-17;1-27-21-22-18(14-12-16-8-4-2-5-9-16)20(24(25)26)19(23-21)15-13-17-10-6-3-7-11-17;21-24-20-22-17(13-11-15-7-3-1-4-8-15)19(25(26)27)18(23-20)14-12-16-9-5-2-6-10-16;1-13-5-8-3(6)2(10(11)12)4(7)9-5;1-13-5-6-3(9)2(8(11)12)4(10)7-5;1-10-5-6-3(8)2-4(9)7-5;1-5(2,3)4;1-2;2-1(3)4/h2-11H,12-15H2,1H3;2-11H,12-15H2,1H3;1-10H,11-14,21H2,(H,22,23,24);1H3;1H3,(H2,6,7,9,10);2H,1H3,(H2,6,7,8,9);;1-2H2;(H,2,3,4). The van der Waals surface area contributed by atoms with Crippen LogP contribution in [0.3, 0.4) is 0 Å². The summed E-state index contributed by atoms with van der Waals surface area (Å²) >= 11 is 29.8. The lowest BCUT2D eigenvalue weighted by molar-refractivity contribution is -0.742. The van der Waals surface area contributed by atoms with E-state index in [4.69, 9.17) is 54.6 Å². The van der Waals surface area contributed by atoms with E-state index in [1.54, 1.807) is 18.8 Å². The Hall–Kier alpha value is -12.1. The molecule has 0 bridgehead atoms. The quantitative estimate of drug-likeness (QED) is 0.00400. The molecule has 0 fully saturated rings. The maximum Gasteiger partial charge on any atom is 0.395 e. The number of nitrogens with one attached hydrogen (secondary N) is 3. The van der Waals surface area contributed by atoms with Crippen LogP contribution in [-0.2, 0) is 91.5 Å². The number of nitro groups is 5. The molecule has 12 N–H and O–H groups in total. The van der Waals surface area contributed by atoms with Crippen LogP contribution in [0.5, 0.6) is 11.8 Å². The predicted octanol–water partition coefficient (Wildman–Crippen LogP) is 15.3. The number of aromatic nitrogens is 12. The molecule has 12 aromatic rings. The monoisotopic (exact) mass is 2000 g/mol. The molecule has 6 heterocycles. The van der Waals surface area contributed by atoms with E-state index in [9.17, 15) is 73.1 Å². The van der Waals surface area contributed by atoms with E-state index in [1.165, 1.54) is 35.3 Å². The lowest BCUT2D eigenvalue weighted by atomic mass is 10.0. The summed E-state index contributed by atoms with van der Waals surface area (Å²) < 4.78 is 33.7. The van der Waals surface area contributed by atoms with Gasteiger partial charge < -0.3 is 20.4 Å². The van der Waals surface area contributed by atoms with Crippen LogP contribution in [0.1, 0.15) is 67.5 Å². The second-order valence-electron chi connectivity index (χ2n) is 25.2. The van der Waals surface area contributed by atoms with Gasteiger partial charge in [0.15, 0.2) is 20.6 Å². The van der Waals surface area contributed by atoms with Gasteiger partial charge >= 0.3 is 39.2 Å². The van der Waals surface area contributed by atoms with Gasteiger partial charge in [-0.05, 0) is 131 Å². The van der Waals surface area contributed by atoms with Gasteiger partial charge in [0, 0.05) is 44.8 Å². The average Bonchev–Trinajstić information content (AvgIpc) is 0.782. The number of H-pyrrole nitrogens is 2. The summed E-state index contributed by atoms with van der Waals surface area (Å²) in [6.07, 6.45) is 14.2. The highest BCUT2D eigenvalue weighted by atomic mass is 36.0. The molecular formula is C77H82Cl5N22O20PS5. The van der Waals surface area contributed by atoms with Crippen molar-refractivity contribution in [3.05, 3.63) is 347 Å². The SMILES string of the molecule is CS(=O)(=O)c1nc(CCc2ccccc2)c([N+](=O)[O-])c(CCc2ccccc2)n1.CSc1nc(CCc2ccccc2)c([N+](=O)[O-])c(CCc2ccccc2)n1.CSc1nc(Cl)c([N+](=O)[O-])c(Cl)n1.CSc1nc(O)c([N+](=O)[O-])c(=O)[nH]1.CSc1nc(O)cc(=O)[nH]1.NN.NNc1nc(CCc2ccccc2)c([N+](=O)[O-])c(CCc2ccccc2)n1.O=P(Cl)(Cl)Cl.O=[N+]([O-])O. The fourth-order valence-corrected chi connectivity index (χ4v) is 13.6. The molecule has 53 heteroatoms. The normalized spacial score (nSPS) is 10.4. The maximum atomic E-state index is 12.1. The van der Waals surface area contributed by atoms with Gasteiger partial charge in [0.05, 0.1) is 30.7 Å². The van der Waals surface area contributed by atoms with Crippen molar-refractivity contribution in [3.63, 3.8) is 0 Å².